The highest BCUT2D eigenvalue weighted by Gasteiger charge is 2.31. The van der Waals surface area contributed by atoms with Gasteiger partial charge in [-0.2, -0.15) is 0 Å². The molecule has 0 bridgehead atoms. The molecule has 1 fully saturated rings. The SMILES string of the molecule is CCNC(COc1ccccc1C(C)(C)C)C1CC1. The van der Waals surface area contributed by atoms with Crippen LogP contribution in [-0.4, -0.2) is 19.2 Å². The highest BCUT2D eigenvalue weighted by atomic mass is 16.5. The summed E-state index contributed by atoms with van der Waals surface area (Å²) in [4.78, 5) is 0. The van der Waals surface area contributed by atoms with E-state index in [9.17, 15) is 0 Å². The number of hydrogen-bond acceptors (Lipinski definition) is 2. The summed E-state index contributed by atoms with van der Waals surface area (Å²) in [5.41, 5.74) is 1.42. The average molecular weight is 261 g/mol. The number of ether oxygens (including phenoxy) is 1. The van der Waals surface area contributed by atoms with Crippen LogP contribution in [0.25, 0.3) is 0 Å². The molecule has 1 aliphatic rings. The normalized spacial score (nSPS) is 17.3. The maximum absolute atomic E-state index is 6.12. The molecule has 2 heteroatoms. The average Bonchev–Trinajstić information content (AvgIpc) is 3.18. The lowest BCUT2D eigenvalue weighted by Crippen LogP contribution is -2.36. The van der Waals surface area contributed by atoms with Gasteiger partial charge < -0.3 is 10.1 Å². The predicted molar refractivity (Wildman–Crippen MR) is 80.8 cm³/mol. The number of likely N-dealkylation sites (N-methyl/N-ethyl adjacent to an activating group) is 1. The molecule has 1 aromatic rings. The van der Waals surface area contributed by atoms with Crippen molar-refractivity contribution in [1.29, 1.82) is 0 Å². The molecule has 0 spiro atoms. The van der Waals surface area contributed by atoms with Gasteiger partial charge in [0.25, 0.3) is 0 Å². The Kier molecular flexibility index (Phi) is 4.51. The van der Waals surface area contributed by atoms with Gasteiger partial charge in [0.1, 0.15) is 12.4 Å². The molecule has 2 rings (SSSR count). The highest BCUT2D eigenvalue weighted by Crippen LogP contribution is 2.34. The molecule has 1 saturated carbocycles. The van der Waals surface area contributed by atoms with Crippen LogP contribution in [0, 0.1) is 5.92 Å². The molecule has 0 saturated heterocycles. The summed E-state index contributed by atoms with van der Waals surface area (Å²) in [7, 11) is 0. The number of benzene rings is 1. The quantitative estimate of drug-likeness (QED) is 0.842. The minimum atomic E-state index is 0.129. The predicted octanol–water partition coefficient (Wildman–Crippen LogP) is 3.75. The molecule has 0 amide bonds. The van der Waals surface area contributed by atoms with Crippen LogP contribution in [0.2, 0.25) is 0 Å². The van der Waals surface area contributed by atoms with Crippen molar-refractivity contribution in [2.24, 2.45) is 5.92 Å². The summed E-state index contributed by atoms with van der Waals surface area (Å²) in [6.07, 6.45) is 2.70. The molecule has 1 aromatic carbocycles. The van der Waals surface area contributed by atoms with Crippen molar-refractivity contribution in [3.05, 3.63) is 29.8 Å². The molecule has 1 aliphatic carbocycles. The zero-order valence-corrected chi connectivity index (χ0v) is 12.7. The van der Waals surface area contributed by atoms with Gasteiger partial charge in [-0.05, 0) is 42.3 Å². The van der Waals surface area contributed by atoms with Gasteiger partial charge in [-0.25, -0.2) is 0 Å². The third-order valence-corrected chi connectivity index (χ3v) is 3.77. The highest BCUT2D eigenvalue weighted by molar-refractivity contribution is 5.38. The van der Waals surface area contributed by atoms with Crippen molar-refractivity contribution >= 4 is 0 Å². The van der Waals surface area contributed by atoms with Gasteiger partial charge in [0.05, 0.1) is 0 Å². The maximum Gasteiger partial charge on any atom is 0.123 e. The van der Waals surface area contributed by atoms with E-state index in [1.54, 1.807) is 0 Å². The van der Waals surface area contributed by atoms with E-state index in [4.69, 9.17) is 4.74 Å². The van der Waals surface area contributed by atoms with Gasteiger partial charge in [0.15, 0.2) is 0 Å². The minimum Gasteiger partial charge on any atom is -0.492 e. The van der Waals surface area contributed by atoms with E-state index in [1.807, 2.05) is 0 Å². The lowest BCUT2D eigenvalue weighted by atomic mass is 9.86. The summed E-state index contributed by atoms with van der Waals surface area (Å²) in [5, 5.41) is 3.55. The number of nitrogens with one attached hydrogen (secondary N) is 1. The van der Waals surface area contributed by atoms with Crippen LogP contribution in [0.5, 0.6) is 5.75 Å². The van der Waals surface area contributed by atoms with E-state index in [2.05, 4.69) is 57.3 Å². The molecule has 0 heterocycles. The molecule has 1 N–H and O–H groups in total. The summed E-state index contributed by atoms with van der Waals surface area (Å²) in [6.45, 7) is 10.7. The van der Waals surface area contributed by atoms with Crippen LogP contribution >= 0.6 is 0 Å². The Hall–Kier alpha value is -1.02. The van der Waals surface area contributed by atoms with Gasteiger partial charge in [-0.15, -0.1) is 0 Å². The summed E-state index contributed by atoms with van der Waals surface area (Å²) in [6, 6.07) is 8.93. The van der Waals surface area contributed by atoms with Crippen molar-refractivity contribution in [3.63, 3.8) is 0 Å². The summed E-state index contributed by atoms with van der Waals surface area (Å²) in [5.74, 6) is 1.86. The lowest BCUT2D eigenvalue weighted by Gasteiger charge is -2.24. The zero-order chi connectivity index (χ0) is 13.9. The topological polar surface area (TPSA) is 21.3 Å². The lowest BCUT2D eigenvalue weighted by molar-refractivity contribution is 0.246. The Morgan fingerprint density at radius 1 is 1.26 bits per heavy atom. The molecule has 1 atom stereocenters. The third-order valence-electron chi connectivity index (χ3n) is 3.77. The van der Waals surface area contributed by atoms with Gasteiger partial charge >= 0.3 is 0 Å². The van der Waals surface area contributed by atoms with Crippen molar-refractivity contribution in [2.45, 2.75) is 52.0 Å². The van der Waals surface area contributed by atoms with Gasteiger partial charge in [0.2, 0.25) is 0 Å². The van der Waals surface area contributed by atoms with Crippen molar-refractivity contribution < 1.29 is 4.74 Å². The molecule has 2 nitrogen and oxygen atoms in total. The van der Waals surface area contributed by atoms with Crippen molar-refractivity contribution in [1.82, 2.24) is 5.32 Å². The van der Waals surface area contributed by atoms with Crippen LogP contribution in [0.15, 0.2) is 24.3 Å². The summed E-state index contributed by atoms with van der Waals surface area (Å²) >= 11 is 0. The molecule has 106 valence electrons. The third kappa shape index (κ3) is 3.97. The first-order valence-corrected chi connectivity index (χ1v) is 7.48. The standard InChI is InChI=1S/C17H27NO/c1-5-18-15(13-10-11-13)12-19-16-9-7-6-8-14(16)17(2,3)4/h6-9,13,15,18H,5,10-12H2,1-4H3. The Labute approximate surface area is 117 Å². The first-order valence-electron chi connectivity index (χ1n) is 7.48. The molecular formula is C17H27NO. The Bertz CT molecular complexity index is 404. The van der Waals surface area contributed by atoms with E-state index < -0.39 is 0 Å². The number of rotatable bonds is 6. The Morgan fingerprint density at radius 3 is 2.53 bits per heavy atom. The number of hydrogen-bond donors (Lipinski definition) is 1. The molecule has 1 unspecified atom stereocenters. The molecular weight excluding hydrogens is 234 g/mol. The van der Waals surface area contributed by atoms with Crippen LogP contribution in [0.3, 0.4) is 0 Å². The second-order valence-corrected chi connectivity index (χ2v) is 6.56. The van der Waals surface area contributed by atoms with Crippen molar-refractivity contribution in [3.8, 4) is 5.75 Å². The largest absolute Gasteiger partial charge is 0.492 e. The van der Waals surface area contributed by atoms with E-state index in [1.165, 1.54) is 18.4 Å². The van der Waals surface area contributed by atoms with E-state index >= 15 is 0 Å². The monoisotopic (exact) mass is 261 g/mol. The van der Waals surface area contributed by atoms with Crippen LogP contribution < -0.4 is 10.1 Å². The summed E-state index contributed by atoms with van der Waals surface area (Å²) < 4.78 is 6.12. The van der Waals surface area contributed by atoms with E-state index in [0.29, 0.717) is 6.04 Å². The Morgan fingerprint density at radius 2 is 1.95 bits per heavy atom. The van der Waals surface area contributed by atoms with Gasteiger partial charge in [-0.1, -0.05) is 45.9 Å². The smallest absolute Gasteiger partial charge is 0.123 e. The van der Waals surface area contributed by atoms with Crippen LogP contribution in [0.4, 0.5) is 0 Å². The first-order chi connectivity index (χ1) is 9.02. The molecule has 0 aliphatic heterocycles. The minimum absolute atomic E-state index is 0.129. The molecule has 0 radical (unpaired) electrons. The molecule has 0 aromatic heterocycles. The fourth-order valence-corrected chi connectivity index (χ4v) is 2.51. The van der Waals surface area contributed by atoms with Gasteiger partial charge in [-0.3, -0.25) is 0 Å². The molecule has 19 heavy (non-hydrogen) atoms. The van der Waals surface area contributed by atoms with Crippen LogP contribution in [-0.2, 0) is 5.41 Å². The van der Waals surface area contributed by atoms with E-state index in [0.717, 1.165) is 24.8 Å². The van der Waals surface area contributed by atoms with Crippen molar-refractivity contribution in [2.75, 3.05) is 13.2 Å². The van der Waals surface area contributed by atoms with Crippen LogP contribution in [0.1, 0.15) is 46.1 Å². The fraction of sp³-hybridized carbons (Fsp3) is 0.647. The second-order valence-electron chi connectivity index (χ2n) is 6.56. The Balaban J connectivity index is 2.02. The maximum atomic E-state index is 6.12. The first kappa shape index (κ1) is 14.4. The van der Waals surface area contributed by atoms with E-state index in [-0.39, 0.29) is 5.41 Å². The fourth-order valence-electron chi connectivity index (χ4n) is 2.51. The number of para-hydroxylation sites is 1. The van der Waals surface area contributed by atoms with Gasteiger partial charge in [0, 0.05) is 6.04 Å². The zero-order valence-electron chi connectivity index (χ0n) is 12.7. The second kappa shape index (κ2) is 5.96.